The number of carbonyl (C=O) groups is 2. The lowest BCUT2D eigenvalue weighted by Gasteiger charge is -2.32. The van der Waals surface area contributed by atoms with Gasteiger partial charge in [0.05, 0.1) is 0 Å². The maximum atomic E-state index is 13.0. The van der Waals surface area contributed by atoms with Crippen LogP contribution in [-0.2, 0) is 10.4 Å². The normalized spacial score (nSPS) is 13.2. The van der Waals surface area contributed by atoms with Crippen molar-refractivity contribution in [2.75, 3.05) is 18.9 Å². The Labute approximate surface area is 189 Å². The topological polar surface area (TPSA) is 111 Å². The zero-order valence-electron chi connectivity index (χ0n) is 17.6. The van der Waals surface area contributed by atoms with E-state index in [9.17, 15) is 46.1 Å². The van der Waals surface area contributed by atoms with Crippen molar-refractivity contribution >= 4 is 23.2 Å². The summed E-state index contributed by atoms with van der Waals surface area (Å²) < 4.78 is 77.7. The van der Waals surface area contributed by atoms with Crippen molar-refractivity contribution in [3.63, 3.8) is 0 Å². The minimum Gasteiger partial charge on any atom is -0.383 e. The molecule has 0 aliphatic rings. The Kier molecular flexibility index (Phi) is 8.16. The number of hydrogen-bond donors (Lipinski definition) is 5. The van der Waals surface area contributed by atoms with Crippen LogP contribution in [-0.4, -0.2) is 54.1 Å². The molecule has 0 heterocycles. The van der Waals surface area contributed by atoms with Crippen LogP contribution in [0, 0.1) is 0 Å². The van der Waals surface area contributed by atoms with E-state index in [0.717, 1.165) is 12.1 Å². The molecular weight excluding hydrogens is 472 g/mol. The van der Waals surface area contributed by atoms with Crippen molar-refractivity contribution in [1.29, 1.82) is 0 Å². The Hall–Kier alpha value is -3.32. The Morgan fingerprint density at radius 1 is 0.882 bits per heavy atom. The van der Waals surface area contributed by atoms with Crippen LogP contribution in [0.1, 0.15) is 22.3 Å². The fraction of sp³-hybridized carbons (Fsp3) is 0.333. The van der Waals surface area contributed by atoms with Gasteiger partial charge >= 0.3 is 12.4 Å². The Balaban J connectivity index is 2.03. The van der Waals surface area contributed by atoms with E-state index >= 15 is 0 Å². The zero-order valence-corrected chi connectivity index (χ0v) is 17.6. The summed E-state index contributed by atoms with van der Waals surface area (Å²) in [5, 5.41) is 26.5. The highest BCUT2D eigenvalue weighted by molar-refractivity contribution is 5.94. The van der Waals surface area contributed by atoms with Gasteiger partial charge in [0, 0.05) is 36.1 Å². The second kappa shape index (κ2) is 10.3. The predicted octanol–water partition coefficient (Wildman–Crippen LogP) is 2.97. The summed E-state index contributed by atoms with van der Waals surface area (Å²) in [5.41, 5.74) is -5.65. The quantitative estimate of drug-likeness (QED) is 0.363. The van der Waals surface area contributed by atoms with Crippen molar-refractivity contribution in [2.24, 2.45) is 0 Å². The average molecular weight is 493 g/mol. The van der Waals surface area contributed by atoms with Gasteiger partial charge in [-0.25, -0.2) is 0 Å². The minimum absolute atomic E-state index is 0.00114. The summed E-state index contributed by atoms with van der Waals surface area (Å²) in [7, 11) is 1.36. The van der Waals surface area contributed by atoms with Crippen LogP contribution < -0.4 is 16.0 Å². The highest BCUT2D eigenvalue weighted by Crippen LogP contribution is 2.50. The third-order valence-electron chi connectivity index (χ3n) is 4.81. The molecule has 0 aliphatic heterocycles. The number of rotatable bonds is 8. The molecule has 0 radical (unpaired) electrons. The van der Waals surface area contributed by atoms with Gasteiger partial charge in [-0.15, -0.1) is 0 Å². The molecule has 5 N–H and O–H groups in total. The molecule has 2 amide bonds. The first-order valence-corrected chi connectivity index (χ1v) is 9.72. The molecule has 2 aromatic rings. The molecule has 0 unspecified atom stereocenters. The fourth-order valence-corrected chi connectivity index (χ4v) is 2.88. The second-order valence-corrected chi connectivity index (χ2v) is 7.16. The smallest absolute Gasteiger partial charge is 0.383 e. The van der Waals surface area contributed by atoms with Gasteiger partial charge in [-0.1, -0.05) is 12.1 Å². The number of anilines is 2. The fourth-order valence-electron chi connectivity index (χ4n) is 2.88. The van der Waals surface area contributed by atoms with Gasteiger partial charge in [-0.05, 0) is 42.8 Å². The lowest BCUT2D eigenvalue weighted by molar-refractivity contribution is -0.376. The first-order valence-electron chi connectivity index (χ1n) is 9.72. The molecule has 0 bridgehead atoms. The summed E-state index contributed by atoms with van der Waals surface area (Å²) in [6.45, 7) is 0.0297. The molecule has 0 saturated heterocycles. The predicted molar refractivity (Wildman–Crippen MR) is 109 cm³/mol. The van der Waals surface area contributed by atoms with E-state index in [0.29, 0.717) is 17.8 Å². The van der Waals surface area contributed by atoms with E-state index in [1.807, 2.05) is 0 Å². The first-order chi connectivity index (χ1) is 15.7. The molecule has 7 nitrogen and oxygen atoms in total. The van der Waals surface area contributed by atoms with Crippen molar-refractivity contribution in [2.45, 2.75) is 30.5 Å². The molecule has 0 aliphatic carbocycles. The molecule has 0 aromatic heterocycles. The molecule has 1 atom stereocenters. The van der Waals surface area contributed by atoms with Gasteiger partial charge in [0.25, 0.3) is 11.5 Å². The van der Waals surface area contributed by atoms with Gasteiger partial charge in [-0.2, -0.15) is 26.3 Å². The average Bonchev–Trinajstić information content (AvgIpc) is 2.77. The van der Waals surface area contributed by atoms with Gasteiger partial charge in [0.15, 0.2) is 0 Å². The van der Waals surface area contributed by atoms with Crippen LogP contribution in [0.4, 0.5) is 37.7 Å². The third kappa shape index (κ3) is 5.97. The number of benzene rings is 2. The van der Waals surface area contributed by atoms with Crippen molar-refractivity contribution in [3.05, 3.63) is 59.7 Å². The molecular formula is C21H21F6N3O4. The summed E-state index contributed by atoms with van der Waals surface area (Å²) in [6.07, 6.45) is -13.2. The van der Waals surface area contributed by atoms with Gasteiger partial charge in [0.2, 0.25) is 5.91 Å². The maximum Gasteiger partial charge on any atom is 0.430 e. The summed E-state index contributed by atoms with van der Waals surface area (Å²) >= 11 is 0. The maximum absolute atomic E-state index is 13.0. The first kappa shape index (κ1) is 26.9. The molecule has 0 saturated carbocycles. The van der Waals surface area contributed by atoms with Crippen LogP contribution in [0.5, 0.6) is 0 Å². The van der Waals surface area contributed by atoms with Gasteiger partial charge in [0.1, 0.15) is 6.10 Å². The minimum atomic E-state index is -5.98. The van der Waals surface area contributed by atoms with E-state index in [-0.39, 0.29) is 24.2 Å². The Bertz CT molecular complexity index is 978. The van der Waals surface area contributed by atoms with E-state index < -0.39 is 41.4 Å². The number of halogens is 6. The molecule has 2 rings (SSSR count). The summed E-state index contributed by atoms with van der Waals surface area (Å²) in [6, 6.07) is 8.62. The van der Waals surface area contributed by atoms with Crippen LogP contribution in [0.25, 0.3) is 0 Å². The summed E-state index contributed by atoms with van der Waals surface area (Å²) in [5.74, 6) is -1.07. The van der Waals surface area contributed by atoms with Crippen LogP contribution >= 0.6 is 0 Å². The largest absolute Gasteiger partial charge is 0.430 e. The van der Waals surface area contributed by atoms with E-state index in [1.165, 1.54) is 31.3 Å². The molecule has 186 valence electrons. The van der Waals surface area contributed by atoms with Crippen molar-refractivity contribution < 1.29 is 46.1 Å². The number of aliphatic hydroxyl groups excluding tert-OH is 1. The summed E-state index contributed by atoms with van der Waals surface area (Å²) in [4.78, 5) is 23.3. The molecule has 2 aromatic carbocycles. The van der Waals surface area contributed by atoms with Crippen LogP contribution in [0.3, 0.4) is 0 Å². The Morgan fingerprint density at radius 2 is 1.35 bits per heavy atom. The third-order valence-corrected chi connectivity index (χ3v) is 4.81. The van der Waals surface area contributed by atoms with E-state index in [1.54, 1.807) is 0 Å². The number of hydrogen-bond acceptors (Lipinski definition) is 5. The van der Waals surface area contributed by atoms with Crippen LogP contribution in [0.2, 0.25) is 0 Å². The zero-order chi connectivity index (χ0) is 25.7. The number of nitrogens with one attached hydrogen (secondary N) is 3. The van der Waals surface area contributed by atoms with Crippen molar-refractivity contribution in [3.8, 4) is 0 Å². The highest BCUT2D eigenvalue weighted by Gasteiger charge is 2.71. The number of alkyl halides is 6. The van der Waals surface area contributed by atoms with E-state index in [2.05, 4.69) is 16.0 Å². The number of carbonyl (C=O) groups excluding carboxylic acids is 2. The Morgan fingerprint density at radius 3 is 1.79 bits per heavy atom. The van der Waals surface area contributed by atoms with E-state index in [4.69, 9.17) is 0 Å². The molecule has 34 heavy (non-hydrogen) atoms. The lowest BCUT2D eigenvalue weighted by atomic mass is 9.92. The molecule has 13 heteroatoms. The SMILES string of the molecule is CNC(=O)[C@H](O)CCNC(=O)c1ccc(Nc2ccc(C(O)(C(F)(F)F)C(F)(F)F)cc2)cc1. The van der Waals surface area contributed by atoms with Crippen LogP contribution in [0.15, 0.2) is 48.5 Å². The monoisotopic (exact) mass is 493 g/mol. The number of amides is 2. The number of aliphatic hydroxyl groups is 2. The number of likely N-dealkylation sites (N-methyl/N-ethyl adjacent to an activating group) is 1. The van der Waals surface area contributed by atoms with Gasteiger partial charge < -0.3 is 26.2 Å². The molecule has 0 spiro atoms. The second-order valence-electron chi connectivity index (χ2n) is 7.16. The lowest BCUT2D eigenvalue weighted by Crippen LogP contribution is -2.53. The standard InChI is InChI=1S/C21H21F6N3O4/c1-28-18(33)16(31)10-11-29-17(32)12-2-6-14(7-3-12)30-15-8-4-13(5-9-15)19(34,20(22,23)24)21(25,26)27/h2-9,16,30-31,34H,10-11H2,1H3,(H,28,33)(H,29,32)/t16-/m1/s1. The van der Waals surface area contributed by atoms with Gasteiger partial charge in [-0.3, -0.25) is 9.59 Å². The van der Waals surface area contributed by atoms with Crippen molar-refractivity contribution in [1.82, 2.24) is 10.6 Å². The molecule has 0 fully saturated rings. The highest BCUT2D eigenvalue weighted by atomic mass is 19.4.